The summed E-state index contributed by atoms with van der Waals surface area (Å²) in [5.41, 5.74) is 1.10. The van der Waals surface area contributed by atoms with E-state index in [-0.39, 0.29) is 17.5 Å². The minimum atomic E-state index is -4.52. The first-order chi connectivity index (χ1) is 21.0. The van der Waals surface area contributed by atoms with E-state index in [1.54, 1.807) is 6.07 Å². The van der Waals surface area contributed by atoms with Crippen molar-refractivity contribution in [1.82, 2.24) is 0 Å². The molecule has 44 heavy (non-hydrogen) atoms. The molecular formula is C37H48F6O. The van der Waals surface area contributed by atoms with Crippen LogP contribution in [-0.4, -0.2) is 6.11 Å². The number of unbranched alkanes of at least 4 members (excludes halogenated alkanes) is 2. The molecule has 0 atom stereocenters. The summed E-state index contributed by atoms with van der Waals surface area (Å²) in [7, 11) is 0. The second kappa shape index (κ2) is 14.5. The van der Waals surface area contributed by atoms with Crippen LogP contribution in [-0.2, 0) is 6.18 Å². The Balaban J connectivity index is 1.06. The predicted octanol–water partition coefficient (Wildman–Crippen LogP) is 12.5. The number of halogens is 6. The van der Waals surface area contributed by atoms with E-state index in [1.165, 1.54) is 38.5 Å². The summed E-state index contributed by atoms with van der Waals surface area (Å²) in [6.45, 7) is 2.25. The zero-order chi connectivity index (χ0) is 31.3. The number of alkyl halides is 5. The van der Waals surface area contributed by atoms with Crippen LogP contribution in [0.5, 0.6) is 5.75 Å². The van der Waals surface area contributed by atoms with E-state index in [4.69, 9.17) is 4.74 Å². The van der Waals surface area contributed by atoms with Gasteiger partial charge in [0.25, 0.3) is 0 Å². The molecule has 2 aromatic rings. The van der Waals surface area contributed by atoms with E-state index < -0.39 is 23.8 Å². The van der Waals surface area contributed by atoms with Crippen molar-refractivity contribution >= 4 is 0 Å². The lowest BCUT2D eigenvalue weighted by molar-refractivity contribution is -0.224. The fraction of sp³-hybridized carbons (Fsp3) is 0.676. The predicted molar refractivity (Wildman–Crippen MR) is 162 cm³/mol. The van der Waals surface area contributed by atoms with Crippen molar-refractivity contribution in [3.8, 4) is 5.75 Å². The summed E-state index contributed by atoms with van der Waals surface area (Å²) in [6, 6.07) is 9.44. The van der Waals surface area contributed by atoms with Gasteiger partial charge in [0.15, 0.2) is 0 Å². The molecule has 0 radical (unpaired) electrons. The molecule has 0 N–H and O–H groups in total. The van der Waals surface area contributed by atoms with Crippen LogP contribution >= 0.6 is 0 Å². The van der Waals surface area contributed by atoms with Gasteiger partial charge in [-0.05, 0) is 148 Å². The van der Waals surface area contributed by atoms with E-state index in [0.29, 0.717) is 43.4 Å². The van der Waals surface area contributed by atoms with E-state index in [2.05, 4.69) is 13.0 Å². The van der Waals surface area contributed by atoms with Crippen LogP contribution in [0.3, 0.4) is 0 Å². The SMILES string of the molecule is CCCCCC1CCC(c2ccc(C3CCC(C4CCC(C(F)(F)Oc5ccc(C(F)(F)F)cc5)CC4)CC3)c(F)c2)CC1. The molecule has 0 aromatic heterocycles. The third-order valence-electron chi connectivity index (χ3n) is 11.1. The summed E-state index contributed by atoms with van der Waals surface area (Å²) < 4.78 is 88.5. The fourth-order valence-corrected chi connectivity index (χ4v) is 8.38. The molecule has 3 saturated carbocycles. The Morgan fingerprint density at radius 2 is 1.27 bits per heavy atom. The molecular weight excluding hydrogens is 574 g/mol. The van der Waals surface area contributed by atoms with Crippen LogP contribution in [0, 0.1) is 29.5 Å². The molecule has 5 rings (SSSR count). The highest BCUT2D eigenvalue weighted by Crippen LogP contribution is 2.48. The van der Waals surface area contributed by atoms with Crippen molar-refractivity contribution in [2.45, 2.75) is 134 Å². The van der Waals surface area contributed by atoms with E-state index in [1.807, 2.05) is 6.07 Å². The summed E-state index contributed by atoms with van der Waals surface area (Å²) in [6.07, 6.45) is 8.01. The normalized spacial score (nSPS) is 28.5. The van der Waals surface area contributed by atoms with Crippen LogP contribution in [0.2, 0.25) is 0 Å². The third-order valence-corrected chi connectivity index (χ3v) is 11.1. The first-order valence-electron chi connectivity index (χ1n) is 17.1. The van der Waals surface area contributed by atoms with Gasteiger partial charge in [-0.1, -0.05) is 44.7 Å². The van der Waals surface area contributed by atoms with Crippen molar-refractivity contribution in [1.29, 1.82) is 0 Å². The molecule has 244 valence electrons. The highest BCUT2D eigenvalue weighted by molar-refractivity contribution is 5.31. The third kappa shape index (κ3) is 8.34. The van der Waals surface area contributed by atoms with Gasteiger partial charge in [0.2, 0.25) is 0 Å². The number of hydrogen-bond acceptors (Lipinski definition) is 1. The number of ether oxygens (including phenoxy) is 1. The van der Waals surface area contributed by atoms with Crippen LogP contribution < -0.4 is 4.74 Å². The second-order valence-electron chi connectivity index (χ2n) is 13.9. The highest BCUT2D eigenvalue weighted by Gasteiger charge is 2.45. The summed E-state index contributed by atoms with van der Waals surface area (Å²) in [4.78, 5) is 0. The molecule has 0 aliphatic heterocycles. The number of hydrogen-bond donors (Lipinski definition) is 0. The molecule has 3 fully saturated rings. The Kier molecular flexibility index (Phi) is 10.9. The number of benzene rings is 2. The summed E-state index contributed by atoms with van der Waals surface area (Å²) >= 11 is 0. The zero-order valence-corrected chi connectivity index (χ0v) is 26.0. The molecule has 0 bridgehead atoms. The van der Waals surface area contributed by atoms with Gasteiger partial charge in [-0.25, -0.2) is 4.39 Å². The lowest BCUT2D eigenvalue weighted by Gasteiger charge is -2.39. The van der Waals surface area contributed by atoms with E-state index in [9.17, 15) is 22.0 Å². The maximum Gasteiger partial charge on any atom is 0.416 e. The average Bonchev–Trinajstić information content (AvgIpc) is 3.01. The van der Waals surface area contributed by atoms with Crippen LogP contribution in [0.15, 0.2) is 42.5 Å². The quantitative estimate of drug-likeness (QED) is 0.189. The molecule has 0 spiro atoms. The average molecular weight is 623 g/mol. The van der Waals surface area contributed by atoms with Crippen molar-refractivity contribution in [3.63, 3.8) is 0 Å². The van der Waals surface area contributed by atoms with Crippen LogP contribution in [0.4, 0.5) is 26.3 Å². The first kappa shape index (κ1) is 33.2. The first-order valence-corrected chi connectivity index (χ1v) is 17.1. The molecule has 0 unspecified atom stereocenters. The van der Waals surface area contributed by atoms with Crippen LogP contribution in [0.25, 0.3) is 0 Å². The second-order valence-corrected chi connectivity index (χ2v) is 13.9. The molecule has 0 saturated heterocycles. The molecule has 3 aliphatic rings. The minimum Gasteiger partial charge on any atom is -0.432 e. The number of rotatable bonds is 10. The van der Waals surface area contributed by atoms with Crippen LogP contribution in [0.1, 0.15) is 138 Å². The van der Waals surface area contributed by atoms with E-state index >= 15 is 4.39 Å². The molecule has 7 heteroatoms. The molecule has 0 heterocycles. The fourth-order valence-electron chi connectivity index (χ4n) is 8.38. The maximum absolute atomic E-state index is 15.4. The van der Waals surface area contributed by atoms with Gasteiger partial charge in [0, 0.05) is 0 Å². The Morgan fingerprint density at radius 1 is 0.682 bits per heavy atom. The van der Waals surface area contributed by atoms with Gasteiger partial charge < -0.3 is 4.74 Å². The van der Waals surface area contributed by atoms with Gasteiger partial charge in [0.05, 0.1) is 11.5 Å². The largest absolute Gasteiger partial charge is 0.432 e. The Morgan fingerprint density at radius 3 is 1.84 bits per heavy atom. The van der Waals surface area contributed by atoms with Gasteiger partial charge in [-0.2, -0.15) is 22.0 Å². The molecule has 2 aromatic carbocycles. The van der Waals surface area contributed by atoms with Gasteiger partial charge in [-0.3, -0.25) is 0 Å². The zero-order valence-electron chi connectivity index (χ0n) is 26.0. The topological polar surface area (TPSA) is 9.23 Å². The lowest BCUT2D eigenvalue weighted by Crippen LogP contribution is -2.38. The van der Waals surface area contributed by atoms with Gasteiger partial charge in [0.1, 0.15) is 11.6 Å². The lowest BCUT2D eigenvalue weighted by atomic mass is 9.68. The smallest absolute Gasteiger partial charge is 0.416 e. The standard InChI is InChI=1S/C37H48F6O/c1-2-3-4-5-25-6-8-28(9-7-25)30-16-23-34(35(38)24-30)29-12-10-26(11-13-29)27-14-17-32(18-15-27)37(42,43)44-33-21-19-31(20-22-33)36(39,40)41/h16,19-29,32H,2-15,17-18H2,1H3. The minimum absolute atomic E-state index is 0.0631. The summed E-state index contributed by atoms with van der Waals surface area (Å²) in [5.74, 6) is 1.09. The maximum atomic E-state index is 15.4. The summed E-state index contributed by atoms with van der Waals surface area (Å²) in [5, 5.41) is 0. The van der Waals surface area contributed by atoms with Gasteiger partial charge in [-0.15, -0.1) is 0 Å². The highest BCUT2D eigenvalue weighted by atomic mass is 19.4. The monoisotopic (exact) mass is 622 g/mol. The Bertz CT molecular complexity index is 1170. The van der Waals surface area contributed by atoms with Crippen molar-refractivity contribution in [2.24, 2.45) is 23.7 Å². The van der Waals surface area contributed by atoms with E-state index in [0.717, 1.165) is 79.8 Å². The Labute approximate surface area is 259 Å². The molecule has 1 nitrogen and oxygen atoms in total. The van der Waals surface area contributed by atoms with Crippen molar-refractivity contribution in [2.75, 3.05) is 0 Å². The molecule has 0 amide bonds. The van der Waals surface area contributed by atoms with Crippen molar-refractivity contribution in [3.05, 3.63) is 65.0 Å². The Hall–Kier alpha value is -2.18. The van der Waals surface area contributed by atoms with Crippen molar-refractivity contribution < 1.29 is 31.1 Å². The molecule has 3 aliphatic carbocycles. The van der Waals surface area contributed by atoms with Gasteiger partial charge >= 0.3 is 12.3 Å².